The number of azide groups is 1. The standard InChI is InChI=1S/C19H19N3O2/c1-24-14-9-10-15-13(11-14)5-4-8-19(23)17-7-3-2-6-16(17)18(15)12-21-22-20/h2-3,6-7,9-11,18H,4-5,8,12H2,1H3. The molecule has 5 heteroatoms. The number of methoxy groups -OCH3 is 1. The molecule has 0 N–H and O–H groups in total. The molecule has 0 fully saturated rings. The number of ketones is 1. The second-order valence-electron chi connectivity index (χ2n) is 5.89. The number of carbonyl (C=O) groups is 1. The average Bonchev–Trinajstić information content (AvgIpc) is 2.67. The molecule has 0 aliphatic heterocycles. The van der Waals surface area contributed by atoms with Crippen LogP contribution in [-0.4, -0.2) is 19.4 Å². The maximum Gasteiger partial charge on any atom is 0.163 e. The van der Waals surface area contributed by atoms with Gasteiger partial charge in [0.25, 0.3) is 0 Å². The molecule has 0 bridgehead atoms. The van der Waals surface area contributed by atoms with Crippen molar-refractivity contribution in [1.82, 2.24) is 0 Å². The molecule has 0 amide bonds. The third-order valence-electron chi connectivity index (χ3n) is 4.54. The number of benzene rings is 2. The summed E-state index contributed by atoms with van der Waals surface area (Å²) >= 11 is 0. The summed E-state index contributed by atoms with van der Waals surface area (Å²) < 4.78 is 5.34. The number of fused-ring (bicyclic) bond motifs is 2. The second kappa shape index (κ2) is 7.20. The van der Waals surface area contributed by atoms with Crippen LogP contribution in [0.2, 0.25) is 0 Å². The molecule has 1 atom stereocenters. The van der Waals surface area contributed by atoms with E-state index in [1.165, 1.54) is 0 Å². The van der Waals surface area contributed by atoms with Crippen LogP contribution < -0.4 is 4.74 Å². The number of hydrogen-bond donors (Lipinski definition) is 0. The van der Waals surface area contributed by atoms with Crippen LogP contribution in [-0.2, 0) is 6.42 Å². The topological polar surface area (TPSA) is 75.1 Å². The first kappa shape index (κ1) is 16.1. The van der Waals surface area contributed by atoms with Crippen LogP contribution in [0.5, 0.6) is 5.75 Å². The SMILES string of the molecule is COc1ccc2c(c1)CCCC(=O)c1ccccc1C2CN=[N+]=[N-]. The maximum atomic E-state index is 12.6. The van der Waals surface area contributed by atoms with Gasteiger partial charge in [0.05, 0.1) is 7.11 Å². The molecule has 0 saturated heterocycles. The third kappa shape index (κ3) is 3.12. The van der Waals surface area contributed by atoms with Crippen molar-refractivity contribution < 1.29 is 9.53 Å². The normalized spacial score (nSPS) is 16.7. The van der Waals surface area contributed by atoms with Gasteiger partial charge in [-0.3, -0.25) is 4.79 Å². The van der Waals surface area contributed by atoms with E-state index in [-0.39, 0.29) is 11.7 Å². The Labute approximate surface area is 140 Å². The molecule has 5 nitrogen and oxygen atoms in total. The Balaban J connectivity index is 2.20. The van der Waals surface area contributed by atoms with Crippen LogP contribution >= 0.6 is 0 Å². The minimum Gasteiger partial charge on any atom is -0.497 e. The molecule has 0 aromatic heterocycles. The zero-order chi connectivity index (χ0) is 16.9. The Morgan fingerprint density at radius 1 is 1.21 bits per heavy atom. The summed E-state index contributed by atoms with van der Waals surface area (Å²) in [5, 5.41) is 3.80. The zero-order valence-electron chi connectivity index (χ0n) is 13.6. The molecule has 2 aromatic carbocycles. The van der Waals surface area contributed by atoms with E-state index in [4.69, 9.17) is 10.3 Å². The molecular weight excluding hydrogens is 302 g/mol. The van der Waals surface area contributed by atoms with Gasteiger partial charge >= 0.3 is 0 Å². The van der Waals surface area contributed by atoms with Gasteiger partial charge in [-0.2, -0.15) is 0 Å². The largest absolute Gasteiger partial charge is 0.497 e. The summed E-state index contributed by atoms with van der Waals surface area (Å²) in [4.78, 5) is 15.5. The summed E-state index contributed by atoms with van der Waals surface area (Å²) in [7, 11) is 1.65. The van der Waals surface area contributed by atoms with Gasteiger partial charge in [-0.05, 0) is 47.2 Å². The van der Waals surface area contributed by atoms with Crippen molar-refractivity contribution in [2.45, 2.75) is 25.2 Å². The number of hydrogen-bond acceptors (Lipinski definition) is 3. The number of Topliss-reactive ketones (excluding diaryl/α,β-unsaturated/α-hetero) is 1. The number of aryl methyl sites for hydroxylation is 1. The predicted molar refractivity (Wildman–Crippen MR) is 92.6 cm³/mol. The van der Waals surface area contributed by atoms with Crippen molar-refractivity contribution >= 4 is 5.78 Å². The highest BCUT2D eigenvalue weighted by Gasteiger charge is 2.24. The second-order valence-corrected chi connectivity index (χ2v) is 5.89. The van der Waals surface area contributed by atoms with Crippen molar-refractivity contribution in [2.24, 2.45) is 5.11 Å². The first-order valence-electron chi connectivity index (χ1n) is 8.04. The quantitative estimate of drug-likeness (QED) is 0.468. The van der Waals surface area contributed by atoms with Gasteiger partial charge in [-0.25, -0.2) is 0 Å². The molecule has 122 valence electrons. The number of nitrogens with zero attached hydrogens (tertiary/aromatic N) is 3. The molecule has 3 rings (SSSR count). The molecule has 1 unspecified atom stereocenters. The van der Waals surface area contributed by atoms with E-state index in [9.17, 15) is 4.79 Å². The highest BCUT2D eigenvalue weighted by atomic mass is 16.5. The van der Waals surface area contributed by atoms with E-state index < -0.39 is 0 Å². The lowest BCUT2D eigenvalue weighted by molar-refractivity contribution is 0.0979. The molecule has 0 spiro atoms. The monoisotopic (exact) mass is 321 g/mol. The Morgan fingerprint density at radius 2 is 2.04 bits per heavy atom. The van der Waals surface area contributed by atoms with Crippen LogP contribution in [0.1, 0.15) is 45.8 Å². The highest BCUT2D eigenvalue weighted by Crippen LogP contribution is 2.35. The smallest absolute Gasteiger partial charge is 0.163 e. The summed E-state index contributed by atoms with van der Waals surface area (Å²) in [6.07, 6.45) is 2.11. The molecule has 2 aromatic rings. The van der Waals surface area contributed by atoms with Gasteiger partial charge in [-0.1, -0.05) is 35.4 Å². The van der Waals surface area contributed by atoms with Crippen LogP contribution in [0.3, 0.4) is 0 Å². The summed E-state index contributed by atoms with van der Waals surface area (Å²) in [6.45, 7) is 0.292. The average molecular weight is 321 g/mol. The molecular formula is C19H19N3O2. The maximum absolute atomic E-state index is 12.6. The summed E-state index contributed by atoms with van der Waals surface area (Å²) in [5.74, 6) is 0.825. The predicted octanol–water partition coefficient (Wildman–Crippen LogP) is 4.66. The molecule has 1 aliphatic carbocycles. The minimum absolute atomic E-state index is 0.125. The van der Waals surface area contributed by atoms with Crippen LogP contribution in [0, 0.1) is 0 Å². The van der Waals surface area contributed by atoms with Gasteiger partial charge < -0.3 is 4.74 Å². The molecule has 0 heterocycles. The van der Waals surface area contributed by atoms with Gasteiger partial charge in [0.1, 0.15) is 5.75 Å². The lowest BCUT2D eigenvalue weighted by atomic mass is 9.85. The van der Waals surface area contributed by atoms with Gasteiger partial charge in [0, 0.05) is 29.4 Å². The van der Waals surface area contributed by atoms with Crippen molar-refractivity contribution in [2.75, 3.05) is 13.7 Å². The Morgan fingerprint density at radius 3 is 2.83 bits per heavy atom. The number of ether oxygens (including phenoxy) is 1. The van der Waals surface area contributed by atoms with Crippen LogP contribution in [0.4, 0.5) is 0 Å². The van der Waals surface area contributed by atoms with E-state index in [1.807, 2.05) is 42.5 Å². The molecule has 24 heavy (non-hydrogen) atoms. The van der Waals surface area contributed by atoms with Gasteiger partial charge in [0.15, 0.2) is 5.78 Å². The van der Waals surface area contributed by atoms with Gasteiger partial charge in [0.2, 0.25) is 0 Å². The van der Waals surface area contributed by atoms with E-state index in [0.717, 1.165) is 40.8 Å². The van der Waals surface area contributed by atoms with Crippen molar-refractivity contribution in [1.29, 1.82) is 0 Å². The fourth-order valence-electron chi connectivity index (χ4n) is 3.38. The molecule has 0 saturated carbocycles. The number of rotatable bonds is 3. The fourth-order valence-corrected chi connectivity index (χ4v) is 3.38. The Hall–Kier alpha value is -2.78. The van der Waals surface area contributed by atoms with E-state index in [1.54, 1.807) is 7.11 Å². The van der Waals surface area contributed by atoms with E-state index in [0.29, 0.717) is 13.0 Å². The van der Waals surface area contributed by atoms with E-state index >= 15 is 0 Å². The van der Waals surface area contributed by atoms with Crippen LogP contribution in [0.15, 0.2) is 47.6 Å². The zero-order valence-corrected chi connectivity index (χ0v) is 13.6. The molecule has 1 aliphatic rings. The number of carbonyl (C=O) groups excluding carboxylic acids is 1. The van der Waals surface area contributed by atoms with Crippen molar-refractivity contribution in [3.63, 3.8) is 0 Å². The lowest BCUT2D eigenvalue weighted by Gasteiger charge is -2.21. The summed E-state index contributed by atoms with van der Waals surface area (Å²) in [5.41, 5.74) is 12.7. The fraction of sp³-hybridized carbons (Fsp3) is 0.316. The van der Waals surface area contributed by atoms with Crippen molar-refractivity contribution in [3.8, 4) is 5.75 Å². The lowest BCUT2D eigenvalue weighted by Crippen LogP contribution is -2.11. The van der Waals surface area contributed by atoms with E-state index in [2.05, 4.69) is 10.0 Å². The summed E-state index contributed by atoms with van der Waals surface area (Å²) in [6, 6.07) is 13.6. The Bertz CT molecular complexity index is 810. The Kier molecular flexibility index (Phi) is 4.82. The first-order chi connectivity index (χ1) is 11.7. The first-order valence-corrected chi connectivity index (χ1v) is 8.04. The highest BCUT2D eigenvalue weighted by molar-refractivity contribution is 5.98. The minimum atomic E-state index is -0.125. The van der Waals surface area contributed by atoms with Crippen LogP contribution in [0.25, 0.3) is 10.4 Å². The van der Waals surface area contributed by atoms with Crippen molar-refractivity contribution in [3.05, 3.63) is 75.2 Å². The third-order valence-corrected chi connectivity index (χ3v) is 4.54. The molecule has 0 radical (unpaired) electrons. The van der Waals surface area contributed by atoms with Gasteiger partial charge in [-0.15, -0.1) is 0 Å².